The van der Waals surface area contributed by atoms with Crippen LogP contribution in [0, 0.1) is 0 Å². The van der Waals surface area contributed by atoms with Crippen molar-refractivity contribution in [2.24, 2.45) is 20.7 Å². The first-order chi connectivity index (χ1) is 19.5. The quantitative estimate of drug-likeness (QED) is 0.111. The van der Waals surface area contributed by atoms with Crippen LogP contribution in [0.5, 0.6) is 0 Å². The Kier molecular flexibility index (Phi) is 18.1. The van der Waals surface area contributed by atoms with E-state index in [9.17, 15) is 29.6 Å². The van der Waals surface area contributed by atoms with Gasteiger partial charge in [0.2, 0.25) is 6.08 Å². The Bertz CT molecular complexity index is 929. The molecular formula is C21H38F2N6O10S2. The van der Waals surface area contributed by atoms with E-state index in [1.54, 1.807) is 13.8 Å². The lowest BCUT2D eigenvalue weighted by Crippen LogP contribution is -2.55. The lowest BCUT2D eigenvalue weighted by Gasteiger charge is -2.37. The number of halogens is 2. The number of rotatable bonds is 4. The molecule has 4 heterocycles. The van der Waals surface area contributed by atoms with Gasteiger partial charge in [0.15, 0.2) is 10.3 Å². The van der Waals surface area contributed by atoms with Gasteiger partial charge in [0.25, 0.3) is 0 Å². The summed E-state index contributed by atoms with van der Waals surface area (Å²) in [6.07, 6.45) is -4.68. The van der Waals surface area contributed by atoms with E-state index >= 15 is 0 Å². The maximum Gasteiger partial charge on any atom is 0.320 e. The molecule has 0 saturated carbocycles. The number of hydrogen-bond donors (Lipinski definition) is 9. The van der Waals surface area contributed by atoms with Gasteiger partial charge in [-0.2, -0.15) is 0 Å². The molecule has 10 atom stereocenters. The summed E-state index contributed by atoms with van der Waals surface area (Å²) in [5.74, 6) is 0. The topological polar surface area (TPSA) is 261 Å². The van der Waals surface area contributed by atoms with Crippen molar-refractivity contribution in [3.8, 4) is 0 Å². The zero-order chi connectivity index (χ0) is 31.1. The fourth-order valence-electron chi connectivity index (χ4n) is 3.60. The van der Waals surface area contributed by atoms with Crippen molar-refractivity contribution < 1.29 is 60.2 Å². The third kappa shape index (κ3) is 11.0. The summed E-state index contributed by atoms with van der Waals surface area (Å²) >= 11 is 2.34. The van der Waals surface area contributed by atoms with Gasteiger partial charge in [0.1, 0.15) is 59.6 Å². The molecule has 2 amide bonds. The van der Waals surface area contributed by atoms with Gasteiger partial charge in [-0.15, -0.1) is 0 Å². The third-order valence-corrected chi connectivity index (χ3v) is 7.51. The van der Waals surface area contributed by atoms with Gasteiger partial charge in [0, 0.05) is 13.1 Å². The van der Waals surface area contributed by atoms with E-state index in [4.69, 9.17) is 31.6 Å². The summed E-state index contributed by atoms with van der Waals surface area (Å²) in [7, 11) is -1.00. The highest BCUT2D eigenvalue weighted by molar-refractivity contribution is 8.14. The van der Waals surface area contributed by atoms with Crippen molar-refractivity contribution in [3.05, 3.63) is 0 Å². The number of aliphatic hydroxyl groups excluding tert-OH is 6. The average molecular weight is 638 g/mol. The SMILES string of the molecule is CCN=C=O.CCNC(=O)NC1=N[C@@H]2[C@@H](O)[C@H](O)[C@@H](CO)O[C@@H]2S1.F.NC1=N[C@@H]2[C@@H](O)[C@H](O)[C@@H](CO)O[C@@H]2S1.[2H]CF. The second-order valence-corrected chi connectivity index (χ2v) is 10.3. The molecule has 0 spiro atoms. The van der Waals surface area contributed by atoms with Gasteiger partial charge in [0.05, 0.1) is 21.7 Å². The number of nitrogens with one attached hydrogen (secondary N) is 2. The molecule has 4 aliphatic rings. The molecule has 0 aliphatic carbocycles. The van der Waals surface area contributed by atoms with Crippen LogP contribution in [-0.2, 0) is 14.3 Å². The van der Waals surface area contributed by atoms with E-state index in [0.717, 1.165) is 11.8 Å². The van der Waals surface area contributed by atoms with Crippen LogP contribution < -0.4 is 16.4 Å². The summed E-state index contributed by atoms with van der Waals surface area (Å²) in [5.41, 5.74) is 4.55. The normalized spacial score (nSPS) is 34.7. The lowest BCUT2D eigenvalue weighted by molar-refractivity contribution is -0.164. The van der Waals surface area contributed by atoms with Crippen LogP contribution in [0.1, 0.15) is 15.2 Å². The van der Waals surface area contributed by atoms with Crippen LogP contribution in [0.15, 0.2) is 15.0 Å². The number of aliphatic imine (C=N–C) groups is 3. The Morgan fingerprint density at radius 1 is 1.05 bits per heavy atom. The van der Waals surface area contributed by atoms with Crippen molar-refractivity contribution in [2.45, 2.75) is 73.4 Å². The molecular weight excluding hydrogens is 598 g/mol. The molecule has 10 N–H and O–H groups in total. The predicted molar refractivity (Wildman–Crippen MR) is 148 cm³/mol. The van der Waals surface area contributed by atoms with Crippen LogP contribution in [0.3, 0.4) is 0 Å². The van der Waals surface area contributed by atoms with Crippen LogP contribution in [0.4, 0.5) is 13.9 Å². The number of isocyanates is 1. The Morgan fingerprint density at radius 2 is 1.54 bits per heavy atom. The van der Waals surface area contributed by atoms with Crippen LogP contribution >= 0.6 is 23.5 Å². The summed E-state index contributed by atoms with van der Waals surface area (Å²) < 4.78 is 26.3. The van der Waals surface area contributed by atoms with Crippen molar-refractivity contribution >= 4 is 46.0 Å². The van der Waals surface area contributed by atoms with E-state index in [1.807, 2.05) is 0 Å². The molecule has 0 bridgehead atoms. The molecule has 4 aliphatic heterocycles. The first-order valence-corrected chi connectivity index (χ1v) is 13.7. The molecule has 16 nitrogen and oxygen atoms in total. The Morgan fingerprint density at radius 3 is 1.95 bits per heavy atom. The number of fused-ring (bicyclic) bond motifs is 2. The van der Waals surface area contributed by atoms with Crippen molar-refractivity contribution in [3.63, 3.8) is 0 Å². The highest BCUT2D eigenvalue weighted by Gasteiger charge is 2.49. The standard InChI is InChI=1S/C10H17N3O5S.C7H12N2O4S.C3H5NO.CH3F.FH/c1-2-11-9(17)13-10-12-5-7(16)6(15)4(3-14)18-8(5)19-10;8-7-9-3-5(12)4(11)2(1-10)13-6(3)14-7;1-2-4-3-5;1-2;/h4-8,14-16H,2-3H2,1H3,(H2,11,12,13,17);2-6,10-12H,1H2,(H2,8,9);2H2,1H3;1H3;1H/t4-,5-,6-,7-,8-;2-,3-,4-,5-,6-;;;/m11.../s1/i;;;1D;. The predicted octanol–water partition coefficient (Wildman–Crippen LogP) is -2.85. The summed E-state index contributed by atoms with van der Waals surface area (Å²) in [5, 5.41) is 62.5. The van der Waals surface area contributed by atoms with E-state index in [-0.39, 0.29) is 23.9 Å². The fourth-order valence-corrected chi connectivity index (χ4v) is 5.70. The van der Waals surface area contributed by atoms with Crippen LogP contribution in [0.25, 0.3) is 0 Å². The number of amidine groups is 2. The van der Waals surface area contributed by atoms with Gasteiger partial charge < -0.3 is 51.2 Å². The van der Waals surface area contributed by atoms with E-state index < -0.39 is 66.7 Å². The molecule has 2 fully saturated rings. The van der Waals surface area contributed by atoms with E-state index in [0.29, 0.717) is 23.4 Å². The maximum absolute atomic E-state index is 11.4. The molecule has 238 valence electrons. The lowest BCUT2D eigenvalue weighted by atomic mass is 9.99. The molecule has 0 aromatic carbocycles. The van der Waals surface area contributed by atoms with Gasteiger partial charge >= 0.3 is 6.03 Å². The minimum Gasteiger partial charge on any atom is -0.394 e. The fraction of sp³-hybridized carbons (Fsp3) is 0.810. The second kappa shape index (κ2) is 20.0. The first kappa shape index (κ1) is 37.1. The number of aliphatic hydroxyl groups is 6. The number of nitrogens with two attached hydrogens (primary N) is 1. The molecule has 0 unspecified atom stereocenters. The van der Waals surface area contributed by atoms with E-state index in [2.05, 4.69) is 25.6 Å². The second-order valence-electron chi connectivity index (χ2n) is 8.08. The number of amides is 2. The van der Waals surface area contributed by atoms with Crippen molar-refractivity contribution in [2.75, 3.05) is 33.5 Å². The minimum absolute atomic E-state index is 0. The molecule has 0 aromatic heterocycles. The molecule has 0 aromatic rings. The number of carbonyl (C=O) groups excluding carboxylic acids is 2. The first-order valence-electron chi connectivity index (χ1n) is 12.7. The number of nitrogens with zero attached hydrogens (tertiary/aromatic N) is 3. The summed E-state index contributed by atoms with van der Waals surface area (Å²) in [6, 6.07) is -1.57. The number of carbonyl (C=O) groups is 1. The number of ether oxygens (including phenoxy) is 2. The molecule has 2 saturated heterocycles. The maximum atomic E-state index is 11.4. The third-order valence-electron chi connectivity index (χ3n) is 5.48. The van der Waals surface area contributed by atoms with Crippen molar-refractivity contribution in [1.82, 2.24) is 10.6 Å². The van der Waals surface area contributed by atoms with Crippen LogP contribution in [0.2, 0.25) is 0 Å². The monoisotopic (exact) mass is 637 g/mol. The zero-order valence-electron chi connectivity index (χ0n) is 23.1. The number of urea groups is 1. The molecule has 4 rings (SSSR count). The Labute approximate surface area is 244 Å². The van der Waals surface area contributed by atoms with Gasteiger partial charge in [-0.3, -0.25) is 24.4 Å². The number of hydrogen-bond acceptors (Lipinski definition) is 16. The average Bonchev–Trinajstić information content (AvgIpc) is 3.52. The van der Waals surface area contributed by atoms with Gasteiger partial charge in [-0.1, -0.05) is 23.5 Å². The van der Waals surface area contributed by atoms with Crippen molar-refractivity contribution in [1.29, 1.82) is 0 Å². The van der Waals surface area contributed by atoms with Gasteiger partial charge in [-0.05, 0) is 13.8 Å². The minimum atomic E-state index is -1.19. The highest BCUT2D eigenvalue weighted by Crippen LogP contribution is 2.36. The van der Waals surface area contributed by atoms with Gasteiger partial charge in [-0.25, -0.2) is 14.6 Å². The Hall–Kier alpha value is -1.97. The molecule has 41 heavy (non-hydrogen) atoms. The largest absolute Gasteiger partial charge is 0.394 e. The molecule has 0 radical (unpaired) electrons. The Balaban J connectivity index is 0.000000642. The zero-order valence-corrected chi connectivity index (χ0v) is 23.8. The summed E-state index contributed by atoms with van der Waals surface area (Å²) in [4.78, 5) is 31.7. The smallest absolute Gasteiger partial charge is 0.320 e. The number of alkyl halides is 1. The number of thioether (sulfide) groups is 2. The van der Waals surface area contributed by atoms with Crippen LogP contribution in [-0.4, -0.2) is 146 Å². The van der Waals surface area contributed by atoms with E-state index in [1.165, 1.54) is 17.8 Å². The summed E-state index contributed by atoms with van der Waals surface area (Å²) in [6.45, 7) is 3.89. The molecule has 20 heteroatoms. The highest BCUT2D eigenvalue weighted by atomic mass is 32.2.